The predicted octanol–water partition coefficient (Wildman–Crippen LogP) is 4.52. The molecule has 2 N–H and O–H groups in total. The Kier molecular flexibility index (Phi) is 6.60. The van der Waals surface area contributed by atoms with E-state index in [9.17, 15) is 14.4 Å². The van der Waals surface area contributed by atoms with Gasteiger partial charge in [0.05, 0.1) is 5.69 Å². The number of carbonyl (C=O) groups excluding carboxylic acids is 3. The van der Waals surface area contributed by atoms with Gasteiger partial charge in [0.15, 0.2) is 5.13 Å². The molecule has 0 radical (unpaired) electrons. The molecule has 4 amide bonds. The van der Waals surface area contributed by atoms with E-state index in [0.717, 1.165) is 41.8 Å². The molecule has 2 aromatic rings. The number of carbonyl (C=O) groups is 3. The van der Waals surface area contributed by atoms with Gasteiger partial charge >= 0.3 is 6.03 Å². The molecule has 1 aliphatic heterocycles. The average molecular weight is 455 g/mol. The van der Waals surface area contributed by atoms with Crippen molar-refractivity contribution in [1.82, 2.24) is 15.2 Å². The number of aryl methyl sites for hydroxylation is 2. The number of nitrogens with zero attached hydrogens (tertiary/aromatic N) is 2. The Morgan fingerprint density at radius 3 is 2.59 bits per heavy atom. The fraction of sp³-hybridized carbons (Fsp3) is 0.500. The summed E-state index contributed by atoms with van der Waals surface area (Å²) in [5.41, 5.74) is 3.77. The third-order valence-corrected chi connectivity index (χ3v) is 7.05. The number of amides is 4. The zero-order chi connectivity index (χ0) is 22.7. The van der Waals surface area contributed by atoms with Crippen LogP contribution in [-0.2, 0) is 22.4 Å². The van der Waals surface area contributed by atoms with E-state index in [1.807, 2.05) is 19.2 Å². The minimum Gasteiger partial charge on any atom is -0.323 e. The van der Waals surface area contributed by atoms with Crippen molar-refractivity contribution < 1.29 is 14.4 Å². The Morgan fingerprint density at radius 2 is 1.88 bits per heavy atom. The lowest BCUT2D eigenvalue weighted by atomic mass is 9.88. The van der Waals surface area contributed by atoms with Crippen LogP contribution in [0.1, 0.15) is 63.5 Å². The molecule has 0 unspecified atom stereocenters. The van der Waals surface area contributed by atoms with E-state index in [0.29, 0.717) is 18.0 Å². The molecule has 0 atom stereocenters. The maximum atomic E-state index is 13.0. The molecule has 8 heteroatoms. The lowest BCUT2D eigenvalue weighted by Crippen LogP contribution is -2.47. The fourth-order valence-corrected chi connectivity index (χ4v) is 5.53. The van der Waals surface area contributed by atoms with Gasteiger partial charge in [-0.15, -0.1) is 11.3 Å². The largest absolute Gasteiger partial charge is 0.325 e. The van der Waals surface area contributed by atoms with Gasteiger partial charge in [0.1, 0.15) is 12.1 Å². The smallest absolute Gasteiger partial charge is 0.323 e. The van der Waals surface area contributed by atoms with Crippen LogP contribution >= 0.6 is 11.3 Å². The van der Waals surface area contributed by atoms with E-state index in [1.54, 1.807) is 0 Å². The van der Waals surface area contributed by atoms with Gasteiger partial charge in [0.25, 0.3) is 5.91 Å². The van der Waals surface area contributed by atoms with E-state index >= 15 is 0 Å². The van der Waals surface area contributed by atoms with Crippen molar-refractivity contribution in [3.05, 3.63) is 34.7 Å². The Labute approximate surface area is 192 Å². The van der Waals surface area contributed by atoms with Gasteiger partial charge in [-0.2, -0.15) is 0 Å². The number of hydrogen-bond acceptors (Lipinski definition) is 5. The van der Waals surface area contributed by atoms with Gasteiger partial charge in [-0.3, -0.25) is 14.5 Å². The number of hydrogen-bond donors (Lipinski definition) is 2. The summed E-state index contributed by atoms with van der Waals surface area (Å²) in [5.74, 6) is -0.737. The summed E-state index contributed by atoms with van der Waals surface area (Å²) in [5, 5.41) is 7.96. The lowest BCUT2D eigenvalue weighted by Gasteiger charge is -2.25. The van der Waals surface area contributed by atoms with Crippen LogP contribution in [0.15, 0.2) is 23.6 Å². The van der Waals surface area contributed by atoms with Crippen LogP contribution in [0, 0.1) is 0 Å². The zero-order valence-corrected chi connectivity index (χ0v) is 19.5. The topological polar surface area (TPSA) is 91.4 Å². The monoisotopic (exact) mass is 454 g/mol. The van der Waals surface area contributed by atoms with E-state index < -0.39 is 17.5 Å². The average Bonchev–Trinajstić information content (AvgIpc) is 3.33. The lowest BCUT2D eigenvalue weighted by molar-refractivity contribution is -0.134. The number of imide groups is 1. The van der Waals surface area contributed by atoms with Crippen molar-refractivity contribution in [3.63, 3.8) is 0 Å². The van der Waals surface area contributed by atoms with E-state index in [2.05, 4.69) is 33.8 Å². The summed E-state index contributed by atoms with van der Waals surface area (Å²) in [6, 6.07) is 5.96. The first-order chi connectivity index (χ1) is 15.5. The van der Waals surface area contributed by atoms with Crippen LogP contribution in [0.2, 0.25) is 0 Å². The number of thiazole rings is 1. The predicted molar refractivity (Wildman–Crippen MR) is 126 cm³/mol. The molecular weight excluding hydrogens is 424 g/mol. The Balaban J connectivity index is 1.41. The number of urea groups is 1. The molecule has 1 fully saturated rings. The third-order valence-electron chi connectivity index (χ3n) is 6.30. The van der Waals surface area contributed by atoms with Crippen molar-refractivity contribution in [2.45, 2.75) is 70.8 Å². The molecule has 4 rings (SSSR count). The maximum Gasteiger partial charge on any atom is 0.325 e. The van der Waals surface area contributed by atoms with E-state index in [4.69, 9.17) is 0 Å². The highest BCUT2D eigenvalue weighted by atomic mass is 32.1. The summed E-state index contributed by atoms with van der Waals surface area (Å²) in [6.45, 7) is 3.65. The normalized spacial score (nSPS) is 17.2. The fourth-order valence-electron chi connectivity index (χ4n) is 4.80. The second-order valence-corrected chi connectivity index (χ2v) is 9.54. The molecule has 0 spiro atoms. The van der Waals surface area contributed by atoms with Gasteiger partial charge in [-0.1, -0.05) is 38.8 Å². The minimum atomic E-state index is -0.887. The molecule has 1 saturated heterocycles. The quantitative estimate of drug-likeness (QED) is 0.574. The molecule has 1 aromatic heterocycles. The number of aromatic nitrogens is 1. The summed E-state index contributed by atoms with van der Waals surface area (Å²) >= 11 is 1.34. The summed E-state index contributed by atoms with van der Waals surface area (Å²) in [7, 11) is 0. The number of nitrogens with one attached hydrogen (secondary N) is 2. The highest BCUT2D eigenvalue weighted by molar-refractivity contribution is 7.14. The first-order valence-corrected chi connectivity index (χ1v) is 12.4. The number of fused-ring (bicyclic) bond motifs is 1. The first kappa shape index (κ1) is 22.5. The van der Waals surface area contributed by atoms with Gasteiger partial charge in [0.2, 0.25) is 5.91 Å². The van der Waals surface area contributed by atoms with Crippen LogP contribution in [0.25, 0.3) is 11.3 Å². The Bertz CT molecular complexity index is 1030. The third kappa shape index (κ3) is 4.41. The maximum absolute atomic E-state index is 13.0. The molecule has 32 heavy (non-hydrogen) atoms. The summed E-state index contributed by atoms with van der Waals surface area (Å²) < 4.78 is 0. The molecule has 0 saturated carbocycles. The van der Waals surface area contributed by atoms with E-state index in [1.165, 1.54) is 35.3 Å². The van der Waals surface area contributed by atoms with Crippen molar-refractivity contribution in [2.75, 3.05) is 11.9 Å². The Morgan fingerprint density at radius 1 is 1.16 bits per heavy atom. The van der Waals surface area contributed by atoms with Gasteiger partial charge in [0, 0.05) is 10.9 Å². The number of anilines is 1. The van der Waals surface area contributed by atoms with Crippen molar-refractivity contribution in [2.24, 2.45) is 0 Å². The molecule has 1 aliphatic carbocycles. The summed E-state index contributed by atoms with van der Waals surface area (Å²) in [6.07, 6.45) is 7.38. The van der Waals surface area contributed by atoms with Crippen molar-refractivity contribution in [3.8, 4) is 11.3 Å². The van der Waals surface area contributed by atoms with Crippen LogP contribution in [0.5, 0.6) is 0 Å². The van der Waals surface area contributed by atoms with E-state index in [-0.39, 0.29) is 12.5 Å². The zero-order valence-electron chi connectivity index (χ0n) is 18.7. The molecule has 7 nitrogen and oxygen atoms in total. The molecule has 1 aromatic carbocycles. The van der Waals surface area contributed by atoms with Crippen LogP contribution < -0.4 is 10.6 Å². The SMILES string of the molecule is CCCC1(CCC)NC(=O)N(CC(=O)Nc2nc(-c3ccc4c(c3)CCCC4)cs2)C1=O. The summed E-state index contributed by atoms with van der Waals surface area (Å²) in [4.78, 5) is 43.6. The van der Waals surface area contributed by atoms with Crippen LogP contribution in [-0.4, -0.2) is 39.8 Å². The molecular formula is C24H30N4O3S. The van der Waals surface area contributed by atoms with Gasteiger partial charge in [-0.25, -0.2) is 9.78 Å². The van der Waals surface area contributed by atoms with Gasteiger partial charge in [-0.05, 0) is 55.7 Å². The van der Waals surface area contributed by atoms with Crippen molar-refractivity contribution >= 4 is 34.3 Å². The van der Waals surface area contributed by atoms with Gasteiger partial charge < -0.3 is 10.6 Å². The highest BCUT2D eigenvalue weighted by Gasteiger charge is 2.50. The minimum absolute atomic E-state index is 0.310. The molecule has 2 aliphatic rings. The van der Waals surface area contributed by atoms with Crippen LogP contribution in [0.3, 0.4) is 0 Å². The highest BCUT2D eigenvalue weighted by Crippen LogP contribution is 2.30. The molecule has 2 heterocycles. The second-order valence-electron chi connectivity index (χ2n) is 8.68. The number of benzene rings is 1. The number of rotatable bonds is 8. The second kappa shape index (κ2) is 9.40. The first-order valence-electron chi connectivity index (χ1n) is 11.5. The Hall–Kier alpha value is -2.74. The molecule has 170 valence electrons. The van der Waals surface area contributed by atoms with Crippen molar-refractivity contribution in [1.29, 1.82) is 0 Å². The van der Waals surface area contributed by atoms with Crippen LogP contribution in [0.4, 0.5) is 9.93 Å². The molecule has 0 bridgehead atoms. The standard InChI is InChI=1S/C24H30N4O3S/c1-3-11-24(12-4-2)21(30)28(23(31)27-24)14-20(29)26-22-25-19(15-32-22)18-10-9-16-7-5-6-8-17(16)13-18/h9-10,13,15H,3-8,11-12,14H2,1-2H3,(H,27,31)(H,25,26,29).